The van der Waals surface area contributed by atoms with Gasteiger partial charge in [0.15, 0.2) is 6.23 Å². The van der Waals surface area contributed by atoms with Gasteiger partial charge in [-0.05, 0) is 13.8 Å². The molecule has 25 heavy (non-hydrogen) atoms. The SMILES string of the molecule is CC(=O)N(C1O[C@H](CO)[C@@H](O)[C@H](O)[C@H]1O)[C@H](C(N)=O)C(C)(C)SN=O. The van der Waals surface area contributed by atoms with Crippen molar-refractivity contribution < 1.29 is 34.8 Å². The fourth-order valence-electron chi connectivity index (χ4n) is 2.78. The molecule has 2 amide bonds. The average Bonchev–Trinajstić information content (AvgIpc) is 2.50. The fourth-order valence-corrected chi connectivity index (χ4v) is 3.30. The molecule has 1 aliphatic heterocycles. The second kappa shape index (κ2) is 8.38. The Morgan fingerprint density at radius 3 is 2.24 bits per heavy atom. The first-order valence-electron chi connectivity index (χ1n) is 7.39. The standard InChI is InChI=1S/C13H23N3O8S/c1-5(18)16(10(11(14)22)13(2,3)25-15-23)12-9(21)8(20)7(19)6(4-17)24-12/h6-10,12,17,19-21H,4H2,1-3H3,(H2,14,22)/t6-,7-,8+,9-,10-,12?/m1/s1. The summed E-state index contributed by atoms with van der Waals surface area (Å²) in [6.07, 6.45) is -8.02. The van der Waals surface area contributed by atoms with Crippen LogP contribution in [0.2, 0.25) is 0 Å². The van der Waals surface area contributed by atoms with Gasteiger partial charge in [-0.1, -0.05) is 0 Å². The van der Waals surface area contributed by atoms with Gasteiger partial charge in [-0.15, -0.1) is 4.91 Å². The molecular formula is C13H23N3O8S. The Morgan fingerprint density at radius 2 is 1.84 bits per heavy atom. The van der Waals surface area contributed by atoms with Crippen molar-refractivity contribution in [2.45, 2.75) is 62.2 Å². The molecule has 1 heterocycles. The molecule has 1 fully saturated rings. The molecule has 0 aromatic carbocycles. The molecule has 144 valence electrons. The predicted molar refractivity (Wildman–Crippen MR) is 86.7 cm³/mol. The number of primary amides is 1. The summed E-state index contributed by atoms with van der Waals surface area (Å²) in [6.45, 7) is 3.25. The number of nitrogens with two attached hydrogens (primary N) is 1. The molecule has 12 heteroatoms. The molecule has 0 aromatic heterocycles. The van der Waals surface area contributed by atoms with E-state index >= 15 is 0 Å². The Bertz CT molecular complexity index is 518. The molecule has 1 saturated heterocycles. The summed E-state index contributed by atoms with van der Waals surface area (Å²) in [5.41, 5.74) is 5.38. The lowest BCUT2D eigenvalue weighted by atomic mass is 9.94. The van der Waals surface area contributed by atoms with Gasteiger partial charge >= 0.3 is 0 Å². The molecule has 1 aliphatic rings. The topological polar surface area (TPSA) is 183 Å². The van der Waals surface area contributed by atoms with E-state index in [-0.39, 0.29) is 0 Å². The van der Waals surface area contributed by atoms with Crippen LogP contribution < -0.4 is 5.73 Å². The van der Waals surface area contributed by atoms with E-state index in [1.165, 1.54) is 13.8 Å². The third kappa shape index (κ3) is 4.46. The number of hydrogen-bond donors (Lipinski definition) is 5. The van der Waals surface area contributed by atoms with Crippen molar-refractivity contribution >= 4 is 23.8 Å². The van der Waals surface area contributed by atoms with Crippen LogP contribution in [0.5, 0.6) is 0 Å². The van der Waals surface area contributed by atoms with Crippen LogP contribution in [0.4, 0.5) is 0 Å². The summed E-state index contributed by atoms with van der Waals surface area (Å²) in [7, 11) is 0. The van der Waals surface area contributed by atoms with E-state index < -0.39 is 59.9 Å². The van der Waals surface area contributed by atoms with Crippen LogP contribution in [0.1, 0.15) is 20.8 Å². The van der Waals surface area contributed by atoms with Crippen LogP contribution in [-0.2, 0) is 14.3 Å². The quantitative estimate of drug-likeness (QED) is 0.239. The van der Waals surface area contributed by atoms with Gasteiger partial charge in [0.2, 0.25) is 11.8 Å². The van der Waals surface area contributed by atoms with E-state index in [1.807, 2.05) is 0 Å². The highest BCUT2D eigenvalue weighted by atomic mass is 32.2. The second-order valence-electron chi connectivity index (χ2n) is 6.22. The highest BCUT2D eigenvalue weighted by Crippen LogP contribution is 2.35. The van der Waals surface area contributed by atoms with Gasteiger partial charge in [-0.3, -0.25) is 9.59 Å². The number of nitroso groups, excluding NO2 is 1. The number of hydrogen-bond acceptors (Lipinski definition) is 10. The summed E-state index contributed by atoms with van der Waals surface area (Å²) >= 11 is 0.465. The Hall–Kier alpha value is -1.31. The Labute approximate surface area is 148 Å². The van der Waals surface area contributed by atoms with E-state index in [4.69, 9.17) is 10.5 Å². The lowest BCUT2D eigenvalue weighted by Gasteiger charge is -2.48. The minimum atomic E-state index is -1.78. The number of carbonyl (C=O) groups is 2. The maximum atomic E-state index is 12.2. The molecule has 0 radical (unpaired) electrons. The van der Waals surface area contributed by atoms with E-state index in [0.717, 1.165) is 11.8 Å². The van der Waals surface area contributed by atoms with Crippen molar-refractivity contribution in [1.82, 2.24) is 4.90 Å². The zero-order chi connectivity index (χ0) is 19.5. The fraction of sp³-hybridized carbons (Fsp3) is 0.846. The van der Waals surface area contributed by atoms with Crippen molar-refractivity contribution in [2.75, 3.05) is 6.61 Å². The van der Waals surface area contributed by atoms with Crippen LogP contribution >= 0.6 is 11.9 Å². The minimum absolute atomic E-state index is 0.465. The van der Waals surface area contributed by atoms with Crippen LogP contribution in [0.25, 0.3) is 0 Å². The molecule has 6 N–H and O–H groups in total. The van der Waals surface area contributed by atoms with E-state index in [2.05, 4.69) is 4.58 Å². The predicted octanol–water partition coefficient (Wildman–Crippen LogP) is -2.32. The molecule has 0 spiro atoms. The lowest BCUT2D eigenvalue weighted by Crippen LogP contribution is -2.69. The van der Waals surface area contributed by atoms with Gasteiger partial charge in [-0.2, -0.15) is 0 Å². The summed E-state index contributed by atoms with van der Waals surface area (Å²) in [4.78, 5) is 35.6. The second-order valence-corrected chi connectivity index (χ2v) is 7.60. The van der Waals surface area contributed by atoms with Crippen LogP contribution in [-0.4, -0.2) is 85.2 Å². The van der Waals surface area contributed by atoms with Crippen molar-refractivity contribution in [3.63, 3.8) is 0 Å². The highest BCUT2D eigenvalue weighted by molar-refractivity contribution is 7.99. The van der Waals surface area contributed by atoms with Crippen molar-refractivity contribution in [3.05, 3.63) is 4.91 Å². The summed E-state index contributed by atoms with van der Waals surface area (Å²) in [6, 6.07) is -1.44. The van der Waals surface area contributed by atoms with Crippen molar-refractivity contribution in [3.8, 4) is 0 Å². The zero-order valence-corrected chi connectivity index (χ0v) is 14.8. The monoisotopic (exact) mass is 381 g/mol. The van der Waals surface area contributed by atoms with Gasteiger partial charge in [-0.25, -0.2) is 0 Å². The molecule has 6 atom stereocenters. The van der Waals surface area contributed by atoms with Gasteiger partial charge in [0, 0.05) is 23.5 Å². The zero-order valence-electron chi connectivity index (χ0n) is 14.0. The maximum Gasteiger partial charge on any atom is 0.241 e. The number of rotatable bonds is 7. The van der Waals surface area contributed by atoms with Gasteiger partial charge in [0.05, 0.1) is 11.4 Å². The third-order valence-electron chi connectivity index (χ3n) is 3.98. The number of carbonyl (C=O) groups excluding carboxylic acids is 2. The Morgan fingerprint density at radius 1 is 1.28 bits per heavy atom. The lowest BCUT2D eigenvalue weighted by molar-refractivity contribution is -0.266. The summed E-state index contributed by atoms with van der Waals surface area (Å²) < 4.78 is 6.71. The number of aliphatic hydroxyl groups is 4. The van der Waals surface area contributed by atoms with E-state index in [1.54, 1.807) is 0 Å². The number of ether oxygens (including phenoxy) is 1. The molecule has 11 nitrogen and oxygen atoms in total. The van der Waals surface area contributed by atoms with E-state index in [9.17, 15) is 34.9 Å². The molecule has 0 aliphatic carbocycles. The third-order valence-corrected chi connectivity index (χ3v) is 4.75. The van der Waals surface area contributed by atoms with E-state index in [0.29, 0.717) is 11.9 Å². The summed E-state index contributed by atoms with van der Waals surface area (Å²) in [5, 5.41) is 39.2. The summed E-state index contributed by atoms with van der Waals surface area (Å²) in [5.74, 6) is -1.74. The molecule has 0 aromatic rings. The normalized spacial score (nSPS) is 31.2. The Balaban J connectivity index is 3.34. The molecule has 0 saturated carbocycles. The highest BCUT2D eigenvalue weighted by Gasteiger charge is 2.52. The molecular weight excluding hydrogens is 358 g/mol. The molecule has 1 rings (SSSR count). The minimum Gasteiger partial charge on any atom is -0.394 e. The number of nitrogens with zero attached hydrogens (tertiary/aromatic N) is 2. The smallest absolute Gasteiger partial charge is 0.241 e. The largest absolute Gasteiger partial charge is 0.394 e. The average molecular weight is 381 g/mol. The van der Waals surface area contributed by atoms with Gasteiger partial charge in [0.1, 0.15) is 30.5 Å². The van der Waals surface area contributed by atoms with Crippen LogP contribution in [0.3, 0.4) is 0 Å². The number of aliphatic hydroxyl groups excluding tert-OH is 4. The first kappa shape index (κ1) is 21.7. The van der Waals surface area contributed by atoms with Crippen LogP contribution in [0.15, 0.2) is 4.58 Å². The number of amides is 2. The molecule has 0 bridgehead atoms. The van der Waals surface area contributed by atoms with Crippen molar-refractivity contribution in [1.29, 1.82) is 0 Å². The molecule has 1 unspecified atom stereocenters. The Kier molecular flexibility index (Phi) is 7.28. The maximum absolute atomic E-state index is 12.2. The van der Waals surface area contributed by atoms with Gasteiger partial charge in [0.25, 0.3) is 0 Å². The van der Waals surface area contributed by atoms with Crippen molar-refractivity contribution in [2.24, 2.45) is 10.3 Å². The first-order valence-corrected chi connectivity index (χ1v) is 8.16. The van der Waals surface area contributed by atoms with Crippen LogP contribution in [0, 0.1) is 4.91 Å². The first-order chi connectivity index (χ1) is 11.5. The van der Waals surface area contributed by atoms with Gasteiger partial charge < -0.3 is 35.8 Å².